The minimum Gasteiger partial charge on any atom is -0.273 e. The minimum absolute atomic E-state index is 0.0661. The molecule has 2 aromatic carbocycles. The summed E-state index contributed by atoms with van der Waals surface area (Å²) < 4.78 is 0.645. The Morgan fingerprint density at radius 1 is 1.12 bits per heavy atom. The van der Waals surface area contributed by atoms with E-state index < -0.39 is 0 Å². The molecular weight excluding hydrogens is 250 g/mol. The molecule has 0 aliphatic carbocycles. The molecular formula is C13H9NOS2. The van der Waals surface area contributed by atoms with Gasteiger partial charge in [0.15, 0.2) is 0 Å². The monoisotopic (exact) mass is 259 g/mol. The fourth-order valence-corrected chi connectivity index (χ4v) is 3.07. The van der Waals surface area contributed by atoms with Crippen LogP contribution in [0.3, 0.4) is 0 Å². The van der Waals surface area contributed by atoms with E-state index in [1.165, 1.54) is 11.8 Å². The molecule has 84 valence electrons. The summed E-state index contributed by atoms with van der Waals surface area (Å²) in [4.78, 5) is 13.5. The van der Waals surface area contributed by atoms with Gasteiger partial charge >= 0.3 is 0 Å². The van der Waals surface area contributed by atoms with Crippen LogP contribution in [0.5, 0.6) is 0 Å². The van der Waals surface area contributed by atoms with Crippen LogP contribution in [0, 0.1) is 0 Å². The zero-order valence-electron chi connectivity index (χ0n) is 8.92. The molecule has 0 unspecified atom stereocenters. The molecule has 17 heavy (non-hydrogen) atoms. The molecule has 0 spiro atoms. The van der Waals surface area contributed by atoms with Gasteiger partial charge in [0, 0.05) is 5.39 Å². The van der Waals surface area contributed by atoms with Gasteiger partial charge in [-0.15, -0.1) is 0 Å². The summed E-state index contributed by atoms with van der Waals surface area (Å²) in [5.74, 6) is 0.513. The third-order valence-electron chi connectivity index (χ3n) is 2.76. The summed E-state index contributed by atoms with van der Waals surface area (Å²) in [5, 5.41) is 2.19. The van der Waals surface area contributed by atoms with Gasteiger partial charge in [0.1, 0.15) is 4.32 Å². The Hall–Kier alpha value is -1.39. The first-order valence-corrected chi connectivity index (χ1v) is 6.64. The second-order valence-electron chi connectivity index (χ2n) is 3.78. The van der Waals surface area contributed by atoms with E-state index in [-0.39, 0.29) is 5.91 Å². The zero-order valence-corrected chi connectivity index (χ0v) is 10.6. The second kappa shape index (κ2) is 4.13. The summed E-state index contributed by atoms with van der Waals surface area (Å²) in [6.45, 7) is 0. The third-order valence-corrected chi connectivity index (χ3v) is 4.12. The molecule has 3 rings (SSSR count). The molecule has 1 saturated heterocycles. The van der Waals surface area contributed by atoms with Crippen LogP contribution < -0.4 is 4.90 Å². The van der Waals surface area contributed by atoms with E-state index in [1.54, 1.807) is 4.90 Å². The molecule has 0 saturated carbocycles. The number of rotatable bonds is 1. The first-order valence-electron chi connectivity index (χ1n) is 5.25. The van der Waals surface area contributed by atoms with Crippen molar-refractivity contribution in [1.29, 1.82) is 0 Å². The number of thioether (sulfide) groups is 1. The van der Waals surface area contributed by atoms with Crippen LogP contribution in [0.1, 0.15) is 0 Å². The molecule has 1 heterocycles. The lowest BCUT2D eigenvalue weighted by atomic mass is 10.1. The highest BCUT2D eigenvalue weighted by atomic mass is 32.2. The summed E-state index contributed by atoms with van der Waals surface area (Å²) in [6.07, 6.45) is 0. The van der Waals surface area contributed by atoms with Crippen molar-refractivity contribution < 1.29 is 4.79 Å². The maximum atomic E-state index is 11.8. The Morgan fingerprint density at radius 2 is 1.88 bits per heavy atom. The van der Waals surface area contributed by atoms with Crippen molar-refractivity contribution >= 4 is 50.7 Å². The Kier molecular flexibility index (Phi) is 2.61. The Labute approximate surface area is 109 Å². The van der Waals surface area contributed by atoms with Crippen LogP contribution in [0.25, 0.3) is 10.8 Å². The molecule has 1 aliphatic heterocycles. The van der Waals surface area contributed by atoms with Gasteiger partial charge in [-0.3, -0.25) is 9.69 Å². The van der Waals surface area contributed by atoms with E-state index >= 15 is 0 Å². The highest BCUT2D eigenvalue weighted by molar-refractivity contribution is 8.24. The maximum Gasteiger partial charge on any atom is 0.243 e. The normalized spacial score (nSPS) is 15.9. The highest BCUT2D eigenvalue weighted by Crippen LogP contribution is 2.32. The molecule has 2 nitrogen and oxygen atoms in total. The Morgan fingerprint density at radius 3 is 2.65 bits per heavy atom. The lowest BCUT2D eigenvalue weighted by Gasteiger charge is -2.17. The van der Waals surface area contributed by atoms with Gasteiger partial charge in [-0.2, -0.15) is 0 Å². The topological polar surface area (TPSA) is 20.3 Å². The van der Waals surface area contributed by atoms with Gasteiger partial charge in [-0.1, -0.05) is 60.4 Å². The highest BCUT2D eigenvalue weighted by Gasteiger charge is 2.28. The van der Waals surface area contributed by atoms with Crippen molar-refractivity contribution in [3.8, 4) is 0 Å². The maximum absolute atomic E-state index is 11.8. The average molecular weight is 259 g/mol. The summed E-state index contributed by atoms with van der Waals surface area (Å²) in [7, 11) is 0. The molecule has 0 bridgehead atoms. The molecule has 0 atom stereocenters. The summed E-state index contributed by atoms with van der Waals surface area (Å²) >= 11 is 6.66. The lowest BCUT2D eigenvalue weighted by molar-refractivity contribution is -0.115. The quantitative estimate of drug-likeness (QED) is 0.733. The van der Waals surface area contributed by atoms with Crippen molar-refractivity contribution in [3.63, 3.8) is 0 Å². The molecule has 1 fully saturated rings. The largest absolute Gasteiger partial charge is 0.273 e. The number of carbonyl (C=O) groups excluding carboxylic acids is 1. The van der Waals surface area contributed by atoms with Crippen molar-refractivity contribution in [3.05, 3.63) is 42.5 Å². The van der Waals surface area contributed by atoms with Gasteiger partial charge in [0.2, 0.25) is 5.91 Å². The molecule has 1 amide bonds. The van der Waals surface area contributed by atoms with Crippen LogP contribution in [-0.2, 0) is 4.79 Å². The van der Waals surface area contributed by atoms with Crippen LogP contribution >= 0.6 is 24.0 Å². The van der Waals surface area contributed by atoms with Crippen LogP contribution in [0.15, 0.2) is 42.5 Å². The predicted molar refractivity (Wildman–Crippen MR) is 76.5 cm³/mol. The van der Waals surface area contributed by atoms with Gasteiger partial charge in [-0.25, -0.2) is 0 Å². The standard InChI is InChI=1S/C13H9NOS2/c15-12-8-17-13(16)14(12)11-7-3-5-9-4-1-2-6-10(9)11/h1-7H,8H2. The molecule has 1 aliphatic rings. The van der Waals surface area contributed by atoms with Crippen molar-refractivity contribution in [2.24, 2.45) is 0 Å². The van der Waals surface area contributed by atoms with E-state index in [1.807, 2.05) is 42.5 Å². The third kappa shape index (κ3) is 1.73. The first-order chi connectivity index (χ1) is 8.27. The fourth-order valence-electron chi connectivity index (χ4n) is 1.99. The van der Waals surface area contributed by atoms with Crippen LogP contribution in [0.4, 0.5) is 5.69 Å². The minimum atomic E-state index is 0.0661. The smallest absolute Gasteiger partial charge is 0.243 e. The lowest BCUT2D eigenvalue weighted by Crippen LogP contribution is -2.28. The predicted octanol–water partition coefficient (Wildman–Crippen LogP) is 3.20. The first kappa shape index (κ1) is 10.7. The van der Waals surface area contributed by atoms with Crippen molar-refractivity contribution in [2.75, 3.05) is 10.7 Å². The number of nitrogens with zero attached hydrogens (tertiary/aromatic N) is 1. The van der Waals surface area contributed by atoms with E-state index in [0.29, 0.717) is 10.1 Å². The molecule has 0 N–H and O–H groups in total. The van der Waals surface area contributed by atoms with Crippen molar-refractivity contribution in [1.82, 2.24) is 0 Å². The van der Waals surface area contributed by atoms with Crippen LogP contribution in [-0.4, -0.2) is 16.0 Å². The number of carbonyl (C=O) groups is 1. The van der Waals surface area contributed by atoms with Crippen molar-refractivity contribution in [2.45, 2.75) is 0 Å². The number of anilines is 1. The summed E-state index contributed by atoms with van der Waals surface area (Å²) in [5.41, 5.74) is 0.892. The number of amides is 1. The van der Waals surface area contributed by atoms with Gasteiger partial charge < -0.3 is 0 Å². The van der Waals surface area contributed by atoms with E-state index in [2.05, 4.69) is 0 Å². The number of fused-ring (bicyclic) bond motifs is 1. The van der Waals surface area contributed by atoms with Crippen LogP contribution in [0.2, 0.25) is 0 Å². The number of hydrogen-bond acceptors (Lipinski definition) is 3. The van der Waals surface area contributed by atoms with Gasteiger partial charge in [-0.05, 0) is 11.5 Å². The molecule has 2 aromatic rings. The average Bonchev–Trinajstić information content (AvgIpc) is 2.69. The number of benzene rings is 2. The van der Waals surface area contributed by atoms with Gasteiger partial charge in [0.25, 0.3) is 0 Å². The zero-order chi connectivity index (χ0) is 11.8. The van der Waals surface area contributed by atoms with E-state index in [4.69, 9.17) is 12.2 Å². The van der Waals surface area contributed by atoms with E-state index in [9.17, 15) is 4.79 Å². The second-order valence-corrected chi connectivity index (χ2v) is 5.39. The molecule has 0 radical (unpaired) electrons. The Bertz CT molecular complexity index is 602. The number of hydrogen-bond donors (Lipinski definition) is 0. The SMILES string of the molecule is O=C1CSC(=S)N1c1cccc2ccccc12. The van der Waals surface area contributed by atoms with Gasteiger partial charge in [0.05, 0.1) is 11.4 Å². The summed E-state index contributed by atoms with van der Waals surface area (Å²) in [6, 6.07) is 14.0. The number of thiocarbonyl (C=S) groups is 1. The molecule has 0 aromatic heterocycles. The Balaban J connectivity index is 2.23. The van der Waals surface area contributed by atoms with E-state index in [0.717, 1.165) is 16.5 Å². The molecule has 4 heteroatoms. The fraction of sp³-hybridized carbons (Fsp3) is 0.0769.